The first-order chi connectivity index (χ1) is 10.3. The minimum Gasteiger partial charge on any atom is -0.348 e. The van der Waals surface area contributed by atoms with Gasteiger partial charge in [0.1, 0.15) is 0 Å². The summed E-state index contributed by atoms with van der Waals surface area (Å²) < 4.78 is 26.7. The highest BCUT2D eigenvalue weighted by molar-refractivity contribution is 7.89. The first-order valence-electron chi connectivity index (χ1n) is 7.39. The Kier molecular flexibility index (Phi) is 6.52. The van der Waals surface area contributed by atoms with Gasteiger partial charge in [-0.05, 0) is 31.5 Å². The Balaban J connectivity index is 3.23. The van der Waals surface area contributed by atoms with E-state index in [-0.39, 0.29) is 16.8 Å². The van der Waals surface area contributed by atoms with Gasteiger partial charge in [0.05, 0.1) is 4.90 Å². The molecule has 0 radical (unpaired) electrons. The number of amides is 1. The molecule has 3 N–H and O–H groups in total. The number of hydrogen-bond donors (Lipinski definition) is 2. The van der Waals surface area contributed by atoms with Crippen LogP contribution in [0.3, 0.4) is 0 Å². The molecule has 1 aromatic carbocycles. The van der Waals surface area contributed by atoms with Crippen molar-refractivity contribution in [2.24, 2.45) is 5.73 Å². The Labute approximate surface area is 132 Å². The highest BCUT2D eigenvalue weighted by atomic mass is 32.2. The van der Waals surface area contributed by atoms with E-state index in [0.29, 0.717) is 30.8 Å². The first kappa shape index (κ1) is 18.6. The molecule has 0 bridgehead atoms. The van der Waals surface area contributed by atoms with Crippen molar-refractivity contribution in [1.29, 1.82) is 0 Å². The summed E-state index contributed by atoms with van der Waals surface area (Å²) in [5.74, 6) is -0.325. The zero-order chi connectivity index (χ0) is 16.9. The maximum Gasteiger partial charge on any atom is 0.251 e. The first-order valence-corrected chi connectivity index (χ1v) is 8.83. The number of hydrogen-bond acceptors (Lipinski definition) is 4. The van der Waals surface area contributed by atoms with E-state index in [4.69, 9.17) is 5.73 Å². The Morgan fingerprint density at radius 1 is 1.32 bits per heavy atom. The van der Waals surface area contributed by atoms with Gasteiger partial charge in [-0.15, -0.1) is 0 Å². The molecule has 1 aromatic rings. The predicted octanol–water partition coefficient (Wildman–Crippen LogP) is 1.10. The maximum atomic E-state index is 12.6. The lowest BCUT2D eigenvalue weighted by Gasteiger charge is -2.20. The van der Waals surface area contributed by atoms with Crippen LogP contribution in [0.15, 0.2) is 23.1 Å². The zero-order valence-electron chi connectivity index (χ0n) is 13.6. The van der Waals surface area contributed by atoms with Crippen LogP contribution in [0.1, 0.15) is 36.7 Å². The van der Waals surface area contributed by atoms with Gasteiger partial charge in [0.25, 0.3) is 5.91 Å². The topological polar surface area (TPSA) is 92.5 Å². The van der Waals surface area contributed by atoms with Crippen molar-refractivity contribution >= 4 is 15.9 Å². The Morgan fingerprint density at radius 2 is 1.91 bits per heavy atom. The maximum absolute atomic E-state index is 12.6. The lowest BCUT2D eigenvalue weighted by atomic mass is 10.1. The van der Waals surface area contributed by atoms with Crippen molar-refractivity contribution in [2.75, 3.05) is 19.6 Å². The van der Waals surface area contributed by atoms with Crippen LogP contribution in [0.2, 0.25) is 0 Å². The number of aryl methyl sites for hydroxylation is 1. The van der Waals surface area contributed by atoms with Gasteiger partial charge in [0, 0.05) is 31.2 Å². The average Bonchev–Trinajstić information content (AvgIpc) is 2.48. The zero-order valence-corrected chi connectivity index (χ0v) is 14.4. The smallest absolute Gasteiger partial charge is 0.251 e. The third-order valence-corrected chi connectivity index (χ3v) is 5.70. The van der Waals surface area contributed by atoms with E-state index in [2.05, 4.69) is 5.32 Å². The molecule has 0 heterocycles. The van der Waals surface area contributed by atoms with Crippen LogP contribution in [-0.2, 0) is 10.0 Å². The molecule has 0 aliphatic heterocycles. The molecule has 0 aliphatic carbocycles. The van der Waals surface area contributed by atoms with Crippen LogP contribution < -0.4 is 11.1 Å². The van der Waals surface area contributed by atoms with Crippen molar-refractivity contribution in [3.8, 4) is 0 Å². The van der Waals surface area contributed by atoms with Crippen LogP contribution >= 0.6 is 0 Å². The Hall–Kier alpha value is -1.44. The molecule has 124 valence electrons. The Bertz CT molecular complexity index is 625. The predicted molar refractivity (Wildman–Crippen MR) is 87.3 cm³/mol. The SMILES string of the molecule is CCN(CC)S(=O)(=O)c1cc(C(=O)N[C@@H](C)CN)ccc1C. The standard InChI is InChI=1S/C15H25N3O3S/c1-5-18(6-2)22(20,21)14-9-13(8-7-11(14)3)15(19)17-12(4)10-16/h7-9,12H,5-6,10,16H2,1-4H3,(H,17,19)/t12-/m0/s1. The lowest BCUT2D eigenvalue weighted by Crippen LogP contribution is -2.38. The van der Waals surface area contributed by atoms with Crippen molar-refractivity contribution < 1.29 is 13.2 Å². The number of carbonyl (C=O) groups excluding carboxylic acids is 1. The van der Waals surface area contributed by atoms with E-state index in [1.165, 1.54) is 10.4 Å². The van der Waals surface area contributed by atoms with E-state index in [1.807, 2.05) is 0 Å². The number of benzene rings is 1. The highest BCUT2D eigenvalue weighted by Gasteiger charge is 2.24. The molecule has 0 aliphatic rings. The molecule has 0 saturated carbocycles. The summed E-state index contributed by atoms with van der Waals surface area (Å²) in [6, 6.07) is 4.53. The molecular weight excluding hydrogens is 302 g/mol. The monoisotopic (exact) mass is 327 g/mol. The van der Waals surface area contributed by atoms with Crippen molar-refractivity contribution in [3.05, 3.63) is 29.3 Å². The number of nitrogens with one attached hydrogen (secondary N) is 1. The second-order valence-corrected chi connectivity index (χ2v) is 7.09. The molecule has 0 unspecified atom stereocenters. The molecule has 0 fully saturated rings. The van der Waals surface area contributed by atoms with Crippen molar-refractivity contribution in [3.63, 3.8) is 0 Å². The summed E-state index contributed by atoms with van der Waals surface area (Å²) in [5, 5.41) is 2.73. The van der Waals surface area contributed by atoms with E-state index >= 15 is 0 Å². The van der Waals surface area contributed by atoms with Gasteiger partial charge in [0.15, 0.2) is 0 Å². The van der Waals surface area contributed by atoms with Gasteiger partial charge < -0.3 is 11.1 Å². The van der Waals surface area contributed by atoms with E-state index in [9.17, 15) is 13.2 Å². The number of rotatable bonds is 7. The molecule has 0 aromatic heterocycles. The van der Waals surface area contributed by atoms with Crippen LogP contribution in [0.4, 0.5) is 0 Å². The fourth-order valence-corrected chi connectivity index (χ4v) is 3.80. The third kappa shape index (κ3) is 4.06. The number of carbonyl (C=O) groups is 1. The van der Waals surface area contributed by atoms with Gasteiger partial charge >= 0.3 is 0 Å². The normalized spacial score (nSPS) is 13.2. The minimum absolute atomic E-state index is 0.170. The van der Waals surface area contributed by atoms with E-state index in [0.717, 1.165) is 0 Å². The van der Waals surface area contributed by atoms with Crippen molar-refractivity contribution in [1.82, 2.24) is 9.62 Å². The summed E-state index contributed by atoms with van der Waals surface area (Å²) in [7, 11) is -3.59. The number of nitrogens with two attached hydrogens (primary N) is 1. The van der Waals surface area contributed by atoms with Crippen LogP contribution in [-0.4, -0.2) is 44.3 Å². The van der Waals surface area contributed by atoms with Gasteiger partial charge in [-0.25, -0.2) is 8.42 Å². The molecule has 1 amide bonds. The summed E-state index contributed by atoms with van der Waals surface area (Å²) in [6.07, 6.45) is 0. The third-order valence-electron chi connectivity index (χ3n) is 3.50. The largest absolute Gasteiger partial charge is 0.348 e. The summed E-state index contributed by atoms with van der Waals surface area (Å²) in [5.41, 5.74) is 6.42. The van der Waals surface area contributed by atoms with Gasteiger partial charge in [0.2, 0.25) is 10.0 Å². The fraction of sp³-hybridized carbons (Fsp3) is 0.533. The van der Waals surface area contributed by atoms with Crippen LogP contribution in [0, 0.1) is 6.92 Å². The van der Waals surface area contributed by atoms with Gasteiger partial charge in [-0.3, -0.25) is 4.79 Å². The summed E-state index contributed by atoms with van der Waals surface area (Å²) >= 11 is 0. The Morgan fingerprint density at radius 3 is 2.41 bits per heavy atom. The molecule has 0 saturated heterocycles. The van der Waals surface area contributed by atoms with E-state index < -0.39 is 10.0 Å². The molecule has 1 rings (SSSR count). The molecular formula is C15H25N3O3S. The van der Waals surface area contributed by atoms with Crippen LogP contribution in [0.25, 0.3) is 0 Å². The highest BCUT2D eigenvalue weighted by Crippen LogP contribution is 2.21. The molecule has 22 heavy (non-hydrogen) atoms. The van der Waals surface area contributed by atoms with Crippen LogP contribution in [0.5, 0.6) is 0 Å². The van der Waals surface area contributed by atoms with E-state index in [1.54, 1.807) is 39.8 Å². The summed E-state index contributed by atoms with van der Waals surface area (Å²) in [6.45, 7) is 8.19. The quantitative estimate of drug-likeness (QED) is 0.784. The van der Waals surface area contributed by atoms with Gasteiger partial charge in [-0.2, -0.15) is 4.31 Å². The average molecular weight is 327 g/mol. The van der Waals surface area contributed by atoms with Crippen molar-refractivity contribution in [2.45, 2.75) is 38.6 Å². The lowest BCUT2D eigenvalue weighted by molar-refractivity contribution is 0.0941. The molecule has 7 heteroatoms. The molecule has 0 spiro atoms. The number of nitrogens with zero attached hydrogens (tertiary/aromatic N) is 1. The molecule has 1 atom stereocenters. The minimum atomic E-state index is -3.59. The summed E-state index contributed by atoms with van der Waals surface area (Å²) in [4.78, 5) is 12.3. The fourth-order valence-electron chi connectivity index (χ4n) is 2.09. The second-order valence-electron chi connectivity index (χ2n) is 5.18. The number of sulfonamides is 1. The second kappa shape index (κ2) is 7.71. The van der Waals surface area contributed by atoms with Gasteiger partial charge in [-0.1, -0.05) is 19.9 Å². The molecule has 6 nitrogen and oxygen atoms in total.